The van der Waals surface area contributed by atoms with E-state index < -0.39 is 0 Å². The number of likely N-dealkylation sites (N-methyl/N-ethyl adjacent to an activating group) is 1. The number of benzene rings is 1. The number of nitrogens with zero attached hydrogens (tertiary/aromatic N) is 2. The van der Waals surface area contributed by atoms with E-state index in [-0.39, 0.29) is 11.9 Å². The SMILES string of the molecule is CN1CCN(C(CNC(=O)Cc2ccc(Cl)cc2)c2cccs2)CC1. The molecule has 134 valence electrons. The maximum Gasteiger partial charge on any atom is 0.224 e. The molecule has 3 rings (SSSR count). The molecule has 0 saturated carbocycles. The molecule has 0 bridgehead atoms. The highest BCUT2D eigenvalue weighted by Gasteiger charge is 2.25. The van der Waals surface area contributed by atoms with Crippen LogP contribution < -0.4 is 5.32 Å². The molecule has 1 unspecified atom stereocenters. The minimum absolute atomic E-state index is 0.0537. The molecule has 4 nitrogen and oxygen atoms in total. The van der Waals surface area contributed by atoms with Gasteiger partial charge in [0.1, 0.15) is 0 Å². The number of hydrogen-bond donors (Lipinski definition) is 1. The summed E-state index contributed by atoms with van der Waals surface area (Å²) in [5.74, 6) is 0.0537. The van der Waals surface area contributed by atoms with Gasteiger partial charge in [0.2, 0.25) is 5.91 Å². The summed E-state index contributed by atoms with van der Waals surface area (Å²) in [4.78, 5) is 18.5. The standard InChI is InChI=1S/C19H24ClN3OS/c1-22-8-10-23(11-9-22)17(18-3-2-12-25-18)14-21-19(24)13-15-4-6-16(20)7-5-15/h2-7,12,17H,8-11,13-14H2,1H3,(H,21,24). The van der Waals surface area contributed by atoms with Crippen LogP contribution in [0.3, 0.4) is 0 Å². The minimum atomic E-state index is 0.0537. The fourth-order valence-corrected chi connectivity index (χ4v) is 4.07. The molecule has 1 aliphatic rings. The highest BCUT2D eigenvalue weighted by molar-refractivity contribution is 7.10. The number of hydrogen-bond acceptors (Lipinski definition) is 4. The summed E-state index contributed by atoms with van der Waals surface area (Å²) in [6.07, 6.45) is 0.386. The highest BCUT2D eigenvalue weighted by atomic mass is 35.5. The van der Waals surface area contributed by atoms with E-state index in [1.807, 2.05) is 24.3 Å². The minimum Gasteiger partial charge on any atom is -0.354 e. The van der Waals surface area contributed by atoms with Crippen molar-refractivity contribution >= 4 is 28.8 Å². The van der Waals surface area contributed by atoms with Gasteiger partial charge in [0.25, 0.3) is 0 Å². The van der Waals surface area contributed by atoms with Gasteiger partial charge in [-0.3, -0.25) is 9.69 Å². The molecule has 0 spiro atoms. The van der Waals surface area contributed by atoms with Gasteiger partial charge in [-0.1, -0.05) is 29.8 Å². The number of amides is 1. The molecule has 1 aliphatic heterocycles. The molecule has 2 aromatic rings. The van der Waals surface area contributed by atoms with Gasteiger partial charge in [-0.2, -0.15) is 0 Å². The summed E-state index contributed by atoms with van der Waals surface area (Å²) in [5.41, 5.74) is 0.981. The van der Waals surface area contributed by atoms with Crippen LogP contribution in [0.2, 0.25) is 5.02 Å². The molecule has 1 saturated heterocycles. The van der Waals surface area contributed by atoms with Gasteiger partial charge < -0.3 is 10.2 Å². The van der Waals surface area contributed by atoms with Crippen molar-refractivity contribution in [2.75, 3.05) is 39.8 Å². The molecule has 0 radical (unpaired) electrons. The third-order valence-corrected chi connectivity index (χ3v) is 5.85. The van der Waals surface area contributed by atoms with Gasteiger partial charge >= 0.3 is 0 Å². The topological polar surface area (TPSA) is 35.6 Å². The van der Waals surface area contributed by atoms with Gasteiger partial charge in [-0.15, -0.1) is 11.3 Å². The summed E-state index contributed by atoms with van der Waals surface area (Å²) in [6, 6.07) is 11.9. The Kier molecular flexibility index (Phi) is 6.48. The van der Waals surface area contributed by atoms with Crippen molar-refractivity contribution in [3.8, 4) is 0 Å². The predicted octanol–water partition coefficient (Wildman–Crippen LogP) is 3.05. The van der Waals surface area contributed by atoms with Crippen LogP contribution in [0.15, 0.2) is 41.8 Å². The van der Waals surface area contributed by atoms with Crippen LogP contribution in [0.1, 0.15) is 16.5 Å². The van der Waals surface area contributed by atoms with Crippen LogP contribution in [0.4, 0.5) is 0 Å². The second-order valence-corrected chi connectivity index (χ2v) is 7.89. The maximum atomic E-state index is 12.3. The number of piperazine rings is 1. The van der Waals surface area contributed by atoms with E-state index in [1.54, 1.807) is 11.3 Å². The van der Waals surface area contributed by atoms with E-state index in [9.17, 15) is 4.79 Å². The van der Waals surface area contributed by atoms with Crippen LogP contribution in [0.5, 0.6) is 0 Å². The zero-order valence-electron chi connectivity index (χ0n) is 14.5. The van der Waals surface area contributed by atoms with Crippen molar-refractivity contribution in [3.63, 3.8) is 0 Å². The Morgan fingerprint density at radius 2 is 1.92 bits per heavy atom. The van der Waals surface area contributed by atoms with Crippen molar-refractivity contribution < 1.29 is 4.79 Å². The highest BCUT2D eigenvalue weighted by Crippen LogP contribution is 2.25. The second-order valence-electron chi connectivity index (χ2n) is 6.48. The molecular weight excluding hydrogens is 354 g/mol. The number of carbonyl (C=O) groups is 1. The van der Waals surface area contributed by atoms with E-state index >= 15 is 0 Å². The molecule has 0 aliphatic carbocycles. The van der Waals surface area contributed by atoms with Gasteiger partial charge in [0.15, 0.2) is 0 Å². The van der Waals surface area contributed by atoms with E-state index in [1.165, 1.54) is 4.88 Å². The summed E-state index contributed by atoms with van der Waals surface area (Å²) in [7, 11) is 2.16. The monoisotopic (exact) mass is 377 g/mol. The molecule has 1 aromatic carbocycles. The van der Waals surface area contributed by atoms with Gasteiger partial charge in [-0.25, -0.2) is 0 Å². The van der Waals surface area contributed by atoms with Crippen LogP contribution in [0, 0.1) is 0 Å². The lowest BCUT2D eigenvalue weighted by Crippen LogP contribution is -2.48. The van der Waals surface area contributed by atoms with Crippen molar-refractivity contribution in [2.45, 2.75) is 12.5 Å². The average Bonchev–Trinajstić information content (AvgIpc) is 3.13. The Morgan fingerprint density at radius 3 is 2.56 bits per heavy atom. The molecule has 1 atom stereocenters. The lowest BCUT2D eigenvalue weighted by Gasteiger charge is -2.37. The maximum absolute atomic E-state index is 12.3. The first-order valence-corrected chi connectivity index (χ1v) is 9.85. The number of rotatable bonds is 6. The molecular formula is C19H24ClN3OS. The van der Waals surface area contributed by atoms with E-state index in [2.05, 4.69) is 39.7 Å². The van der Waals surface area contributed by atoms with Crippen LogP contribution in [-0.2, 0) is 11.2 Å². The third-order valence-electron chi connectivity index (χ3n) is 4.62. The average molecular weight is 378 g/mol. The molecule has 25 heavy (non-hydrogen) atoms. The van der Waals surface area contributed by atoms with Crippen molar-refractivity contribution in [1.29, 1.82) is 0 Å². The smallest absolute Gasteiger partial charge is 0.224 e. The number of thiophene rings is 1. The van der Waals surface area contributed by atoms with Gasteiger partial charge in [0.05, 0.1) is 12.5 Å². The molecule has 2 heterocycles. The molecule has 1 aromatic heterocycles. The van der Waals surface area contributed by atoms with Crippen molar-refractivity contribution in [3.05, 3.63) is 57.2 Å². The summed E-state index contributed by atoms with van der Waals surface area (Å²) in [6.45, 7) is 4.86. The van der Waals surface area contributed by atoms with Crippen molar-refractivity contribution in [2.24, 2.45) is 0 Å². The van der Waals surface area contributed by atoms with Gasteiger partial charge in [-0.05, 0) is 36.2 Å². The Hall–Kier alpha value is -1.40. The molecule has 1 fully saturated rings. The zero-order valence-corrected chi connectivity index (χ0v) is 16.0. The van der Waals surface area contributed by atoms with E-state index in [0.717, 1.165) is 31.7 Å². The first kappa shape index (κ1) is 18.4. The number of carbonyl (C=O) groups excluding carboxylic acids is 1. The Labute approximate surface area is 158 Å². The Morgan fingerprint density at radius 1 is 1.20 bits per heavy atom. The quantitative estimate of drug-likeness (QED) is 0.840. The Bertz CT molecular complexity index is 666. The lowest BCUT2D eigenvalue weighted by molar-refractivity contribution is -0.120. The van der Waals surface area contributed by atoms with Crippen LogP contribution in [0.25, 0.3) is 0 Å². The van der Waals surface area contributed by atoms with E-state index in [4.69, 9.17) is 11.6 Å². The molecule has 1 amide bonds. The molecule has 6 heteroatoms. The largest absolute Gasteiger partial charge is 0.354 e. The fraction of sp³-hybridized carbons (Fsp3) is 0.421. The summed E-state index contributed by atoms with van der Waals surface area (Å²) in [5, 5.41) is 5.92. The van der Waals surface area contributed by atoms with Crippen LogP contribution in [-0.4, -0.2) is 55.5 Å². The first-order chi connectivity index (χ1) is 12.1. The van der Waals surface area contributed by atoms with Crippen LogP contribution >= 0.6 is 22.9 Å². The third kappa shape index (κ3) is 5.28. The molecule has 1 N–H and O–H groups in total. The second kappa shape index (κ2) is 8.81. The lowest BCUT2D eigenvalue weighted by atomic mass is 10.1. The number of halogens is 1. The number of nitrogens with one attached hydrogen (secondary N) is 1. The van der Waals surface area contributed by atoms with Crippen molar-refractivity contribution in [1.82, 2.24) is 15.1 Å². The summed E-state index contributed by atoms with van der Waals surface area (Å²) >= 11 is 7.66. The normalized spacial score (nSPS) is 17.4. The Balaban J connectivity index is 1.58. The zero-order chi connectivity index (χ0) is 17.6. The van der Waals surface area contributed by atoms with E-state index in [0.29, 0.717) is 18.0 Å². The first-order valence-electron chi connectivity index (χ1n) is 8.59. The van der Waals surface area contributed by atoms with Gasteiger partial charge in [0, 0.05) is 42.6 Å². The predicted molar refractivity (Wildman–Crippen MR) is 104 cm³/mol. The summed E-state index contributed by atoms with van der Waals surface area (Å²) < 4.78 is 0. The fourth-order valence-electron chi connectivity index (χ4n) is 3.08.